The third-order valence-corrected chi connectivity index (χ3v) is 3.03. The fourth-order valence-electron chi connectivity index (χ4n) is 1.54. The van der Waals surface area contributed by atoms with E-state index in [-0.39, 0.29) is 17.1 Å². The molecule has 4 nitrogen and oxygen atoms in total. The van der Waals surface area contributed by atoms with E-state index in [1.54, 1.807) is 39.0 Å². The SMILES string of the molecule is CC(C)c1cccc(Br)c(=O)c1OC(=O)OC(C)(C)C. The molecule has 0 radical (unpaired) electrons. The lowest BCUT2D eigenvalue weighted by atomic mass is 10.0. The van der Waals surface area contributed by atoms with Crippen molar-refractivity contribution in [2.24, 2.45) is 0 Å². The van der Waals surface area contributed by atoms with Crippen molar-refractivity contribution in [2.75, 3.05) is 0 Å². The molecule has 0 aliphatic heterocycles. The van der Waals surface area contributed by atoms with E-state index < -0.39 is 11.8 Å². The molecule has 0 amide bonds. The van der Waals surface area contributed by atoms with E-state index in [1.165, 1.54) is 0 Å². The van der Waals surface area contributed by atoms with E-state index in [4.69, 9.17) is 9.47 Å². The first-order chi connectivity index (χ1) is 9.11. The maximum Gasteiger partial charge on any atom is 0.514 e. The number of hydrogen-bond acceptors (Lipinski definition) is 4. The molecule has 0 fully saturated rings. The van der Waals surface area contributed by atoms with E-state index in [0.717, 1.165) is 0 Å². The van der Waals surface area contributed by atoms with Gasteiger partial charge in [-0.2, -0.15) is 0 Å². The van der Waals surface area contributed by atoms with Crippen molar-refractivity contribution < 1.29 is 14.3 Å². The molecule has 0 unspecified atom stereocenters. The third-order valence-electron chi connectivity index (χ3n) is 2.40. The summed E-state index contributed by atoms with van der Waals surface area (Å²) in [6.45, 7) is 9.04. The number of ether oxygens (including phenoxy) is 2. The van der Waals surface area contributed by atoms with E-state index in [1.807, 2.05) is 13.8 Å². The van der Waals surface area contributed by atoms with E-state index >= 15 is 0 Å². The summed E-state index contributed by atoms with van der Waals surface area (Å²) in [4.78, 5) is 24.0. The van der Waals surface area contributed by atoms with Gasteiger partial charge in [0.25, 0.3) is 0 Å². The molecule has 0 spiro atoms. The maximum atomic E-state index is 12.2. The summed E-state index contributed by atoms with van der Waals surface area (Å²) in [7, 11) is 0. The van der Waals surface area contributed by atoms with Gasteiger partial charge in [-0.15, -0.1) is 0 Å². The molecule has 110 valence electrons. The van der Waals surface area contributed by atoms with Gasteiger partial charge in [-0.1, -0.05) is 26.0 Å². The largest absolute Gasteiger partial charge is 0.514 e. The molecule has 0 bridgehead atoms. The van der Waals surface area contributed by atoms with Crippen LogP contribution in [0.15, 0.2) is 27.5 Å². The van der Waals surface area contributed by atoms with Crippen LogP contribution in [-0.4, -0.2) is 11.8 Å². The molecular weight excluding hydrogens is 324 g/mol. The van der Waals surface area contributed by atoms with Crippen LogP contribution in [0, 0.1) is 0 Å². The van der Waals surface area contributed by atoms with Crippen LogP contribution in [0.1, 0.15) is 46.1 Å². The van der Waals surface area contributed by atoms with Gasteiger partial charge in [-0.3, -0.25) is 4.79 Å². The lowest BCUT2D eigenvalue weighted by Gasteiger charge is -2.19. The molecule has 0 saturated heterocycles. The number of carbonyl (C=O) groups is 1. The molecular formula is C15H19BrO4. The summed E-state index contributed by atoms with van der Waals surface area (Å²) in [5.74, 6) is 0.0468. The number of rotatable bonds is 2. The van der Waals surface area contributed by atoms with Gasteiger partial charge in [0.2, 0.25) is 5.43 Å². The molecule has 0 heterocycles. The van der Waals surface area contributed by atoms with Crippen LogP contribution in [0.4, 0.5) is 4.79 Å². The van der Waals surface area contributed by atoms with E-state index in [0.29, 0.717) is 10.0 Å². The van der Waals surface area contributed by atoms with Crippen molar-refractivity contribution in [3.05, 3.63) is 38.5 Å². The van der Waals surface area contributed by atoms with Crippen molar-refractivity contribution in [3.8, 4) is 5.75 Å². The predicted molar refractivity (Wildman–Crippen MR) is 81.4 cm³/mol. The van der Waals surface area contributed by atoms with Crippen molar-refractivity contribution in [2.45, 2.75) is 46.1 Å². The molecule has 0 atom stereocenters. The fourth-order valence-corrected chi connectivity index (χ4v) is 1.87. The molecule has 0 saturated carbocycles. The number of carbonyl (C=O) groups excluding carboxylic acids is 1. The Kier molecular flexibility index (Phi) is 5.34. The summed E-state index contributed by atoms with van der Waals surface area (Å²) in [5, 5.41) is 0. The van der Waals surface area contributed by atoms with Gasteiger partial charge in [0, 0.05) is 5.56 Å². The normalized spacial score (nSPS) is 11.3. The van der Waals surface area contributed by atoms with Gasteiger partial charge in [-0.05, 0) is 48.7 Å². The molecule has 1 aromatic rings. The first kappa shape index (κ1) is 16.7. The molecule has 0 N–H and O–H groups in total. The summed E-state index contributed by atoms with van der Waals surface area (Å²) >= 11 is 3.17. The molecule has 0 aliphatic carbocycles. The highest BCUT2D eigenvalue weighted by Gasteiger charge is 2.21. The predicted octanol–water partition coefficient (Wildman–Crippen LogP) is 4.25. The molecule has 5 heteroatoms. The first-order valence-corrected chi connectivity index (χ1v) is 7.14. The lowest BCUT2D eigenvalue weighted by molar-refractivity contribution is 0.0202. The van der Waals surface area contributed by atoms with Crippen molar-refractivity contribution in [3.63, 3.8) is 0 Å². The van der Waals surface area contributed by atoms with Crippen LogP contribution in [0.3, 0.4) is 0 Å². The second-order valence-electron chi connectivity index (χ2n) is 5.71. The lowest BCUT2D eigenvalue weighted by Crippen LogP contribution is -2.27. The molecule has 1 rings (SSSR count). The molecule has 20 heavy (non-hydrogen) atoms. The molecule has 0 aliphatic rings. The van der Waals surface area contributed by atoms with Crippen LogP contribution < -0.4 is 10.2 Å². The topological polar surface area (TPSA) is 52.6 Å². The van der Waals surface area contributed by atoms with Gasteiger partial charge in [0.05, 0.1) is 4.47 Å². The zero-order valence-corrected chi connectivity index (χ0v) is 13.9. The van der Waals surface area contributed by atoms with Gasteiger partial charge in [-0.25, -0.2) is 4.79 Å². The van der Waals surface area contributed by atoms with Crippen molar-refractivity contribution in [1.82, 2.24) is 0 Å². The maximum absolute atomic E-state index is 12.2. The zero-order chi connectivity index (χ0) is 15.5. The Morgan fingerprint density at radius 3 is 2.35 bits per heavy atom. The Balaban J connectivity index is 3.24. The Morgan fingerprint density at radius 1 is 1.25 bits per heavy atom. The van der Waals surface area contributed by atoms with Gasteiger partial charge in [0.15, 0.2) is 5.75 Å². The minimum absolute atomic E-state index is 0.00567. The third kappa shape index (κ3) is 4.63. The van der Waals surface area contributed by atoms with Crippen molar-refractivity contribution >= 4 is 22.1 Å². The summed E-state index contributed by atoms with van der Waals surface area (Å²) in [6.07, 6.45) is -0.880. The highest BCUT2D eigenvalue weighted by atomic mass is 79.9. The van der Waals surface area contributed by atoms with E-state index in [2.05, 4.69) is 15.9 Å². The van der Waals surface area contributed by atoms with Crippen molar-refractivity contribution in [1.29, 1.82) is 0 Å². The minimum atomic E-state index is -0.880. The Hall–Kier alpha value is -1.36. The minimum Gasteiger partial charge on any atom is -0.428 e. The summed E-state index contributed by atoms with van der Waals surface area (Å²) in [6, 6.07) is 5.12. The van der Waals surface area contributed by atoms with Gasteiger partial charge < -0.3 is 9.47 Å². The van der Waals surface area contributed by atoms with Gasteiger partial charge >= 0.3 is 6.16 Å². The zero-order valence-electron chi connectivity index (χ0n) is 12.3. The van der Waals surface area contributed by atoms with Crippen LogP contribution in [0.5, 0.6) is 5.75 Å². The van der Waals surface area contributed by atoms with E-state index in [9.17, 15) is 9.59 Å². The molecule has 1 aromatic carbocycles. The van der Waals surface area contributed by atoms with Crippen LogP contribution in [0.2, 0.25) is 0 Å². The Labute approximate surface area is 127 Å². The van der Waals surface area contributed by atoms with Gasteiger partial charge in [0.1, 0.15) is 5.60 Å². The Bertz CT molecular complexity index is 559. The number of hydrogen-bond donors (Lipinski definition) is 0. The number of halogens is 1. The van der Waals surface area contributed by atoms with Crippen LogP contribution in [-0.2, 0) is 4.74 Å². The Morgan fingerprint density at radius 2 is 1.85 bits per heavy atom. The quantitative estimate of drug-likeness (QED) is 0.754. The smallest absolute Gasteiger partial charge is 0.428 e. The fraction of sp³-hybridized carbons (Fsp3) is 0.467. The highest BCUT2D eigenvalue weighted by Crippen LogP contribution is 2.24. The average molecular weight is 343 g/mol. The summed E-state index contributed by atoms with van der Waals surface area (Å²) in [5.41, 5.74) is -0.386. The second kappa shape index (κ2) is 6.39. The van der Waals surface area contributed by atoms with Crippen LogP contribution in [0.25, 0.3) is 0 Å². The standard InChI is InChI=1S/C15H19BrO4/c1-9(2)10-7-6-8-11(16)12(17)13(10)19-14(18)20-15(3,4)5/h6-9H,1-5H3. The molecule has 0 aromatic heterocycles. The second-order valence-corrected chi connectivity index (χ2v) is 6.56. The highest BCUT2D eigenvalue weighted by molar-refractivity contribution is 9.10. The monoisotopic (exact) mass is 342 g/mol. The average Bonchev–Trinajstić information content (AvgIpc) is 2.40. The summed E-state index contributed by atoms with van der Waals surface area (Å²) < 4.78 is 10.6. The van der Waals surface area contributed by atoms with Crippen LogP contribution >= 0.6 is 15.9 Å². The first-order valence-electron chi connectivity index (χ1n) is 6.35.